The summed E-state index contributed by atoms with van der Waals surface area (Å²) in [5.41, 5.74) is 0.903. The normalized spacial score (nSPS) is 17.8. The van der Waals surface area contributed by atoms with Gasteiger partial charge in [-0.1, -0.05) is 12.1 Å². The number of carbonyl (C=O) groups is 1. The molecule has 0 bridgehead atoms. The van der Waals surface area contributed by atoms with E-state index < -0.39 is 5.82 Å². The Balaban J connectivity index is 1.58. The van der Waals surface area contributed by atoms with Crippen LogP contribution in [0.15, 0.2) is 42.9 Å². The van der Waals surface area contributed by atoms with Crippen molar-refractivity contribution >= 4 is 5.91 Å². The first-order valence-corrected chi connectivity index (χ1v) is 7.65. The SMILES string of the molecule is O=C(COc1ccccc1F)N1CCC[C@H](c2cnccn2)C1. The third-order valence-corrected chi connectivity index (χ3v) is 3.96. The van der Waals surface area contributed by atoms with Crippen LogP contribution in [0.2, 0.25) is 0 Å². The maximum atomic E-state index is 13.5. The number of benzene rings is 1. The van der Waals surface area contributed by atoms with Gasteiger partial charge in [-0.15, -0.1) is 0 Å². The van der Waals surface area contributed by atoms with Gasteiger partial charge in [0.15, 0.2) is 18.2 Å². The zero-order valence-corrected chi connectivity index (χ0v) is 12.7. The zero-order valence-electron chi connectivity index (χ0n) is 12.7. The highest BCUT2D eigenvalue weighted by atomic mass is 19.1. The number of rotatable bonds is 4. The highest BCUT2D eigenvalue weighted by Crippen LogP contribution is 2.25. The lowest BCUT2D eigenvalue weighted by atomic mass is 9.95. The molecule has 6 heteroatoms. The molecule has 0 radical (unpaired) electrons. The van der Waals surface area contributed by atoms with Crippen molar-refractivity contribution in [2.75, 3.05) is 19.7 Å². The summed E-state index contributed by atoms with van der Waals surface area (Å²) in [6, 6.07) is 6.08. The summed E-state index contributed by atoms with van der Waals surface area (Å²) in [6.45, 7) is 1.13. The molecule has 2 aromatic rings. The van der Waals surface area contributed by atoms with Crippen molar-refractivity contribution < 1.29 is 13.9 Å². The van der Waals surface area contributed by atoms with E-state index in [9.17, 15) is 9.18 Å². The van der Waals surface area contributed by atoms with E-state index in [0.717, 1.165) is 18.5 Å². The molecular formula is C17H18FN3O2. The molecule has 5 nitrogen and oxygen atoms in total. The summed E-state index contributed by atoms with van der Waals surface area (Å²) in [6.07, 6.45) is 6.94. The number of piperidine rings is 1. The number of likely N-dealkylation sites (tertiary alicyclic amines) is 1. The lowest BCUT2D eigenvalue weighted by Crippen LogP contribution is -2.41. The van der Waals surface area contributed by atoms with Gasteiger partial charge in [-0.25, -0.2) is 4.39 Å². The fourth-order valence-corrected chi connectivity index (χ4v) is 2.76. The number of carbonyl (C=O) groups excluding carboxylic acids is 1. The Morgan fingerprint density at radius 1 is 1.35 bits per heavy atom. The van der Waals surface area contributed by atoms with Gasteiger partial charge in [-0.3, -0.25) is 14.8 Å². The average molecular weight is 315 g/mol. The predicted octanol–water partition coefficient (Wildman–Crippen LogP) is 2.40. The highest BCUT2D eigenvalue weighted by Gasteiger charge is 2.26. The number of aromatic nitrogens is 2. The molecule has 1 aromatic heterocycles. The van der Waals surface area contributed by atoms with E-state index in [2.05, 4.69) is 9.97 Å². The molecule has 1 atom stereocenters. The Kier molecular flexibility index (Phi) is 4.80. The largest absolute Gasteiger partial charge is 0.481 e. The number of halogens is 1. The van der Waals surface area contributed by atoms with Crippen LogP contribution in [0.25, 0.3) is 0 Å². The lowest BCUT2D eigenvalue weighted by molar-refractivity contribution is -0.134. The summed E-state index contributed by atoms with van der Waals surface area (Å²) in [7, 11) is 0. The van der Waals surface area contributed by atoms with Crippen LogP contribution in [0.3, 0.4) is 0 Å². The molecule has 1 aromatic carbocycles. The third kappa shape index (κ3) is 3.83. The maximum Gasteiger partial charge on any atom is 0.260 e. The second-order valence-corrected chi connectivity index (χ2v) is 5.53. The molecule has 1 saturated heterocycles. The minimum Gasteiger partial charge on any atom is -0.481 e. The van der Waals surface area contributed by atoms with Crippen molar-refractivity contribution in [3.05, 3.63) is 54.4 Å². The fourth-order valence-electron chi connectivity index (χ4n) is 2.76. The number of para-hydroxylation sites is 1. The minimum absolute atomic E-state index is 0.100. The molecule has 1 fully saturated rings. The van der Waals surface area contributed by atoms with Gasteiger partial charge in [0.2, 0.25) is 0 Å². The van der Waals surface area contributed by atoms with Gasteiger partial charge in [-0.2, -0.15) is 0 Å². The molecular weight excluding hydrogens is 297 g/mol. The van der Waals surface area contributed by atoms with Crippen molar-refractivity contribution in [3.8, 4) is 5.75 Å². The Morgan fingerprint density at radius 3 is 3.00 bits per heavy atom. The van der Waals surface area contributed by atoms with Crippen LogP contribution in [0, 0.1) is 5.82 Å². The maximum absolute atomic E-state index is 13.5. The van der Waals surface area contributed by atoms with E-state index in [-0.39, 0.29) is 24.2 Å². The van der Waals surface area contributed by atoms with Crippen LogP contribution in [-0.4, -0.2) is 40.5 Å². The van der Waals surface area contributed by atoms with Crippen LogP contribution in [-0.2, 0) is 4.79 Å². The third-order valence-electron chi connectivity index (χ3n) is 3.96. The standard InChI is InChI=1S/C17H18FN3O2/c18-14-5-1-2-6-16(14)23-12-17(22)21-9-3-4-13(11-21)15-10-19-7-8-20-15/h1-2,5-8,10,13H,3-4,9,11-12H2/t13-/m0/s1. The molecule has 0 saturated carbocycles. The van der Waals surface area contributed by atoms with E-state index in [1.165, 1.54) is 12.1 Å². The van der Waals surface area contributed by atoms with E-state index in [0.29, 0.717) is 13.1 Å². The first-order chi connectivity index (χ1) is 11.2. The molecule has 0 unspecified atom stereocenters. The van der Waals surface area contributed by atoms with Crippen LogP contribution in [0.5, 0.6) is 5.75 Å². The average Bonchev–Trinajstić information content (AvgIpc) is 2.62. The summed E-state index contributed by atoms with van der Waals surface area (Å²) in [5, 5.41) is 0. The van der Waals surface area contributed by atoms with E-state index >= 15 is 0 Å². The molecule has 3 rings (SSSR count). The lowest BCUT2D eigenvalue weighted by Gasteiger charge is -2.32. The molecule has 1 aliphatic rings. The Morgan fingerprint density at radius 2 is 2.22 bits per heavy atom. The zero-order chi connectivity index (χ0) is 16.1. The van der Waals surface area contributed by atoms with Crippen molar-refractivity contribution in [1.82, 2.24) is 14.9 Å². The quantitative estimate of drug-likeness (QED) is 0.869. The van der Waals surface area contributed by atoms with Gasteiger partial charge < -0.3 is 9.64 Å². The van der Waals surface area contributed by atoms with Crippen LogP contribution in [0.4, 0.5) is 4.39 Å². The van der Waals surface area contributed by atoms with Gasteiger partial charge in [-0.05, 0) is 25.0 Å². The smallest absolute Gasteiger partial charge is 0.260 e. The molecule has 2 heterocycles. The summed E-state index contributed by atoms with van der Waals surface area (Å²) >= 11 is 0. The summed E-state index contributed by atoms with van der Waals surface area (Å²) in [5.74, 6) is -0.309. The molecule has 23 heavy (non-hydrogen) atoms. The van der Waals surface area contributed by atoms with Gasteiger partial charge in [0, 0.05) is 37.6 Å². The van der Waals surface area contributed by atoms with Gasteiger partial charge >= 0.3 is 0 Å². The number of nitrogens with zero attached hydrogens (tertiary/aromatic N) is 3. The van der Waals surface area contributed by atoms with Gasteiger partial charge in [0.1, 0.15) is 0 Å². The number of hydrogen-bond acceptors (Lipinski definition) is 4. The van der Waals surface area contributed by atoms with Crippen molar-refractivity contribution in [2.24, 2.45) is 0 Å². The van der Waals surface area contributed by atoms with Crippen LogP contribution < -0.4 is 4.74 Å². The second kappa shape index (κ2) is 7.17. The van der Waals surface area contributed by atoms with E-state index in [1.54, 1.807) is 35.6 Å². The van der Waals surface area contributed by atoms with Crippen molar-refractivity contribution in [3.63, 3.8) is 0 Å². The molecule has 0 N–H and O–H groups in total. The fraction of sp³-hybridized carbons (Fsp3) is 0.353. The Bertz CT molecular complexity index is 666. The van der Waals surface area contributed by atoms with Gasteiger partial charge in [0.25, 0.3) is 5.91 Å². The van der Waals surface area contributed by atoms with Crippen LogP contribution >= 0.6 is 0 Å². The van der Waals surface area contributed by atoms with Crippen LogP contribution in [0.1, 0.15) is 24.5 Å². The summed E-state index contributed by atoms with van der Waals surface area (Å²) in [4.78, 5) is 22.5. The first-order valence-electron chi connectivity index (χ1n) is 7.65. The molecule has 0 spiro atoms. The number of hydrogen-bond donors (Lipinski definition) is 0. The molecule has 1 amide bonds. The molecule has 1 aliphatic heterocycles. The minimum atomic E-state index is -0.462. The van der Waals surface area contributed by atoms with Crippen molar-refractivity contribution in [2.45, 2.75) is 18.8 Å². The van der Waals surface area contributed by atoms with Crippen molar-refractivity contribution in [1.29, 1.82) is 0 Å². The van der Waals surface area contributed by atoms with E-state index in [1.807, 2.05) is 0 Å². The molecule has 120 valence electrons. The highest BCUT2D eigenvalue weighted by molar-refractivity contribution is 5.78. The Hall–Kier alpha value is -2.50. The monoisotopic (exact) mass is 315 g/mol. The Labute approximate surface area is 134 Å². The topological polar surface area (TPSA) is 55.3 Å². The van der Waals surface area contributed by atoms with Gasteiger partial charge in [0.05, 0.1) is 5.69 Å². The second-order valence-electron chi connectivity index (χ2n) is 5.53. The first kappa shape index (κ1) is 15.4. The molecule has 0 aliphatic carbocycles. The predicted molar refractivity (Wildman–Crippen MR) is 82.5 cm³/mol. The summed E-state index contributed by atoms with van der Waals surface area (Å²) < 4.78 is 18.8. The number of ether oxygens (including phenoxy) is 1. The number of amides is 1. The van der Waals surface area contributed by atoms with E-state index in [4.69, 9.17) is 4.74 Å².